The molecule has 1 aromatic rings. The lowest BCUT2D eigenvalue weighted by Crippen LogP contribution is -2.07. The van der Waals surface area contributed by atoms with Crippen LogP contribution >= 0.6 is 15.9 Å². The lowest BCUT2D eigenvalue weighted by molar-refractivity contribution is -0.386. The standard InChI is InChI=1S/C10H12BrNO3/c1-6(2)15-10-5-8(11)7(3)4-9(10)12(13)14/h4-6H,1-3H3/i6D. The molecule has 82 valence electrons. The molecule has 0 aliphatic rings. The Morgan fingerprint density at radius 1 is 1.60 bits per heavy atom. The average molecular weight is 275 g/mol. The third-order valence-electron chi connectivity index (χ3n) is 1.75. The Morgan fingerprint density at radius 3 is 2.67 bits per heavy atom. The normalized spacial score (nSPS) is 12.1. The van der Waals surface area contributed by atoms with Crippen LogP contribution in [0.4, 0.5) is 5.69 Å². The first-order valence-electron chi connectivity index (χ1n) is 4.84. The quantitative estimate of drug-likeness (QED) is 0.627. The average Bonchev–Trinajstić information content (AvgIpc) is 2.07. The molecule has 15 heavy (non-hydrogen) atoms. The smallest absolute Gasteiger partial charge is 0.311 e. The minimum atomic E-state index is -1.21. The highest BCUT2D eigenvalue weighted by atomic mass is 79.9. The third-order valence-corrected chi connectivity index (χ3v) is 2.61. The molecule has 1 aromatic carbocycles. The fourth-order valence-corrected chi connectivity index (χ4v) is 1.41. The Labute approximate surface area is 97.9 Å². The first-order chi connectivity index (χ1) is 7.20. The summed E-state index contributed by atoms with van der Waals surface area (Å²) in [5.74, 6) is 0.0995. The maximum atomic E-state index is 10.8. The number of ether oxygens (including phenoxy) is 1. The second-order valence-corrected chi connectivity index (χ2v) is 4.19. The summed E-state index contributed by atoms with van der Waals surface area (Å²) in [5, 5.41) is 10.8. The zero-order valence-electron chi connectivity index (χ0n) is 9.70. The molecule has 0 N–H and O–H groups in total. The van der Waals surface area contributed by atoms with Gasteiger partial charge >= 0.3 is 5.69 Å². The second-order valence-electron chi connectivity index (χ2n) is 3.34. The number of hydrogen-bond acceptors (Lipinski definition) is 3. The van der Waals surface area contributed by atoms with E-state index in [2.05, 4.69) is 15.9 Å². The van der Waals surface area contributed by atoms with E-state index >= 15 is 0 Å². The van der Waals surface area contributed by atoms with Crippen molar-refractivity contribution >= 4 is 21.6 Å². The largest absolute Gasteiger partial charge is 0.484 e. The fourth-order valence-electron chi connectivity index (χ4n) is 1.09. The van der Waals surface area contributed by atoms with E-state index in [1.54, 1.807) is 6.92 Å². The number of hydrogen-bond donors (Lipinski definition) is 0. The maximum Gasteiger partial charge on any atom is 0.311 e. The molecule has 4 nitrogen and oxygen atoms in total. The maximum absolute atomic E-state index is 10.8. The van der Waals surface area contributed by atoms with E-state index in [9.17, 15) is 10.1 Å². The van der Waals surface area contributed by atoms with Gasteiger partial charge in [0.1, 0.15) is 0 Å². The number of rotatable bonds is 3. The molecule has 5 heteroatoms. The van der Waals surface area contributed by atoms with Crippen LogP contribution in [0.1, 0.15) is 20.8 Å². The van der Waals surface area contributed by atoms with Gasteiger partial charge in [-0.25, -0.2) is 0 Å². The van der Waals surface area contributed by atoms with E-state index < -0.39 is 11.0 Å². The zero-order valence-corrected chi connectivity index (χ0v) is 10.3. The molecule has 0 aliphatic heterocycles. The number of halogens is 1. The molecule has 0 fully saturated rings. The van der Waals surface area contributed by atoms with Gasteiger partial charge in [0.2, 0.25) is 0 Å². The van der Waals surface area contributed by atoms with Gasteiger partial charge in [-0.15, -0.1) is 0 Å². The van der Waals surface area contributed by atoms with Crippen molar-refractivity contribution in [2.45, 2.75) is 26.9 Å². The lowest BCUT2D eigenvalue weighted by Gasteiger charge is -2.11. The zero-order chi connectivity index (χ0) is 12.5. The monoisotopic (exact) mass is 274 g/mol. The number of benzene rings is 1. The van der Waals surface area contributed by atoms with Crippen molar-refractivity contribution < 1.29 is 11.0 Å². The van der Waals surface area contributed by atoms with E-state index in [1.807, 2.05) is 0 Å². The molecule has 0 heterocycles. The molecular weight excluding hydrogens is 262 g/mol. The molecule has 0 atom stereocenters. The highest BCUT2D eigenvalue weighted by Gasteiger charge is 2.18. The molecule has 0 aromatic heterocycles. The van der Waals surface area contributed by atoms with Crippen LogP contribution in [0.3, 0.4) is 0 Å². The van der Waals surface area contributed by atoms with Gasteiger partial charge in [0, 0.05) is 16.6 Å². The SMILES string of the molecule is [2H]C(C)(C)Oc1cc(Br)c(C)cc1[N+](=O)[O-]. The minimum Gasteiger partial charge on any atom is -0.484 e. The van der Waals surface area contributed by atoms with Crippen molar-refractivity contribution in [1.29, 1.82) is 0 Å². The number of nitro benzene ring substituents is 1. The Kier molecular flexibility index (Phi) is 3.20. The van der Waals surface area contributed by atoms with Gasteiger partial charge in [-0.1, -0.05) is 15.9 Å². The number of nitrogens with zero attached hydrogens (tertiary/aromatic N) is 1. The Hall–Kier alpha value is -1.10. The van der Waals surface area contributed by atoms with Gasteiger partial charge < -0.3 is 4.74 Å². The molecule has 0 unspecified atom stereocenters. The summed E-state index contributed by atoms with van der Waals surface area (Å²) < 4.78 is 13.5. The highest BCUT2D eigenvalue weighted by Crippen LogP contribution is 2.33. The van der Waals surface area contributed by atoms with Crippen LogP contribution in [0.5, 0.6) is 5.75 Å². The minimum absolute atomic E-state index is 0.0995. The van der Waals surface area contributed by atoms with Crippen LogP contribution in [-0.4, -0.2) is 11.0 Å². The van der Waals surface area contributed by atoms with Crippen molar-refractivity contribution in [3.8, 4) is 5.75 Å². The Morgan fingerprint density at radius 2 is 2.20 bits per heavy atom. The summed E-state index contributed by atoms with van der Waals surface area (Å²) >= 11 is 3.27. The first kappa shape index (κ1) is 10.4. The molecular formula is C10H12BrNO3. The molecule has 0 aliphatic carbocycles. The van der Waals surface area contributed by atoms with Gasteiger partial charge in [0.25, 0.3) is 0 Å². The van der Waals surface area contributed by atoms with Gasteiger partial charge in [-0.3, -0.25) is 10.1 Å². The molecule has 0 spiro atoms. The predicted molar refractivity (Wildman–Crippen MR) is 61.3 cm³/mol. The van der Waals surface area contributed by atoms with E-state index in [1.165, 1.54) is 26.0 Å². The molecule has 0 saturated carbocycles. The van der Waals surface area contributed by atoms with Crippen molar-refractivity contribution in [1.82, 2.24) is 0 Å². The van der Waals surface area contributed by atoms with E-state index in [-0.39, 0.29) is 11.4 Å². The van der Waals surface area contributed by atoms with Crippen LogP contribution in [0.25, 0.3) is 0 Å². The van der Waals surface area contributed by atoms with E-state index in [4.69, 9.17) is 6.11 Å². The molecule has 0 amide bonds. The summed E-state index contributed by atoms with van der Waals surface area (Å²) in [7, 11) is 0. The van der Waals surface area contributed by atoms with Crippen LogP contribution in [0.15, 0.2) is 16.6 Å². The lowest BCUT2D eigenvalue weighted by atomic mass is 10.2. The predicted octanol–water partition coefficient (Wildman–Crippen LogP) is 3.45. The van der Waals surface area contributed by atoms with Gasteiger partial charge in [0.05, 0.1) is 12.4 Å². The Bertz CT molecular complexity index is 429. The molecule has 0 radical (unpaired) electrons. The topological polar surface area (TPSA) is 52.4 Å². The molecule has 1 rings (SSSR count). The van der Waals surface area contributed by atoms with Crippen LogP contribution in [0.2, 0.25) is 0 Å². The van der Waals surface area contributed by atoms with Crippen molar-refractivity contribution in [3.63, 3.8) is 0 Å². The Balaban J connectivity index is 3.25. The van der Waals surface area contributed by atoms with Gasteiger partial charge in [-0.05, 0) is 26.3 Å². The molecule has 0 saturated heterocycles. The van der Waals surface area contributed by atoms with Crippen molar-refractivity contribution in [2.75, 3.05) is 0 Å². The first-order valence-corrected chi connectivity index (χ1v) is 5.13. The van der Waals surface area contributed by atoms with Crippen LogP contribution in [0, 0.1) is 17.0 Å². The van der Waals surface area contributed by atoms with Crippen LogP contribution in [-0.2, 0) is 0 Å². The highest BCUT2D eigenvalue weighted by molar-refractivity contribution is 9.10. The summed E-state index contributed by atoms with van der Waals surface area (Å²) in [4.78, 5) is 10.3. The second kappa shape index (κ2) is 4.61. The number of nitro groups is 1. The molecule has 0 bridgehead atoms. The van der Waals surface area contributed by atoms with E-state index in [0.717, 1.165) is 10.0 Å². The summed E-state index contributed by atoms with van der Waals surface area (Å²) in [5.41, 5.74) is 0.628. The third kappa shape index (κ3) is 2.92. The summed E-state index contributed by atoms with van der Waals surface area (Å²) in [6, 6.07) is 2.94. The summed E-state index contributed by atoms with van der Waals surface area (Å²) in [6.45, 7) is 4.79. The van der Waals surface area contributed by atoms with Crippen LogP contribution < -0.4 is 4.74 Å². The van der Waals surface area contributed by atoms with E-state index in [0.29, 0.717) is 0 Å². The van der Waals surface area contributed by atoms with Gasteiger partial charge in [-0.2, -0.15) is 0 Å². The fraction of sp³-hybridized carbons (Fsp3) is 0.400. The summed E-state index contributed by atoms with van der Waals surface area (Å²) in [6.07, 6.45) is -1.21. The number of aryl methyl sites for hydroxylation is 1. The van der Waals surface area contributed by atoms with Gasteiger partial charge in [0.15, 0.2) is 5.75 Å². The van der Waals surface area contributed by atoms with Crippen molar-refractivity contribution in [3.05, 3.63) is 32.3 Å². The van der Waals surface area contributed by atoms with Crippen molar-refractivity contribution in [2.24, 2.45) is 0 Å².